The Balaban J connectivity index is 1.91. The van der Waals surface area contributed by atoms with Gasteiger partial charge in [-0.1, -0.05) is 12.8 Å². The summed E-state index contributed by atoms with van der Waals surface area (Å²) < 4.78 is 0. The van der Waals surface area contributed by atoms with Crippen molar-refractivity contribution in [2.45, 2.75) is 51.0 Å². The van der Waals surface area contributed by atoms with E-state index >= 15 is 0 Å². The van der Waals surface area contributed by atoms with Crippen molar-refractivity contribution in [3.8, 4) is 0 Å². The Bertz CT molecular complexity index is 169. The number of hydrogen-bond donors (Lipinski definition) is 2. The van der Waals surface area contributed by atoms with Crippen LogP contribution in [-0.2, 0) is 0 Å². The van der Waals surface area contributed by atoms with Gasteiger partial charge in [-0.2, -0.15) is 0 Å². The molecule has 0 aliphatic heterocycles. The highest BCUT2D eigenvalue weighted by atomic mass is 14.7. The molecule has 2 nitrogen and oxygen atoms in total. The molecule has 4 N–H and O–H groups in total. The predicted octanol–water partition coefficient (Wildman–Crippen LogP) is 1.79. The second kappa shape index (κ2) is 3.97. The van der Waals surface area contributed by atoms with Crippen molar-refractivity contribution in [2.75, 3.05) is 0 Å². The number of hydrogen-bond acceptors (Lipinski definition) is 2. The summed E-state index contributed by atoms with van der Waals surface area (Å²) in [6.07, 6.45) is 8.91. The fraction of sp³-hybridized carbons (Fsp3) is 0.909. The zero-order chi connectivity index (χ0) is 9.26. The van der Waals surface area contributed by atoms with Crippen LogP contribution in [0.3, 0.4) is 0 Å². The average molecular weight is 181 g/mol. The lowest BCUT2D eigenvalue weighted by Gasteiger charge is -2.32. The van der Waals surface area contributed by atoms with Gasteiger partial charge in [-0.15, -0.1) is 0 Å². The molecule has 3 unspecified atom stereocenters. The van der Waals surface area contributed by atoms with Crippen molar-refractivity contribution in [2.24, 2.45) is 23.3 Å². The van der Waals surface area contributed by atoms with Gasteiger partial charge in [0.25, 0.3) is 0 Å². The monoisotopic (exact) mass is 181 g/mol. The summed E-state index contributed by atoms with van der Waals surface area (Å²) in [6.45, 7) is 0. The Hall–Kier alpha value is -0.0800. The Morgan fingerprint density at radius 1 is 1.08 bits per heavy atom. The van der Waals surface area contributed by atoms with Crippen molar-refractivity contribution >= 4 is 0 Å². The standard InChI is InChI=1S/C11H21N2/c12-9-6-5-8(7-9)10-3-1-2-4-11(10)13/h8-10H,1-7,12-13H2. The van der Waals surface area contributed by atoms with E-state index in [4.69, 9.17) is 11.5 Å². The molecule has 2 fully saturated rings. The molecule has 0 aromatic rings. The van der Waals surface area contributed by atoms with Crippen LogP contribution in [0.25, 0.3) is 0 Å². The Kier molecular flexibility index (Phi) is 2.89. The molecule has 2 saturated carbocycles. The van der Waals surface area contributed by atoms with Gasteiger partial charge in [0.15, 0.2) is 0 Å². The van der Waals surface area contributed by atoms with E-state index in [0.29, 0.717) is 12.0 Å². The Morgan fingerprint density at radius 2 is 1.92 bits per heavy atom. The summed E-state index contributed by atoms with van der Waals surface area (Å²) in [5, 5.41) is 0. The highest BCUT2D eigenvalue weighted by Gasteiger charge is 2.34. The van der Waals surface area contributed by atoms with Crippen LogP contribution in [0.15, 0.2) is 0 Å². The Morgan fingerprint density at radius 3 is 2.54 bits per heavy atom. The highest BCUT2D eigenvalue weighted by molar-refractivity contribution is 4.99. The summed E-state index contributed by atoms with van der Waals surface area (Å²) in [5.74, 6) is 1.53. The van der Waals surface area contributed by atoms with E-state index < -0.39 is 0 Å². The molecule has 0 amide bonds. The summed E-state index contributed by atoms with van der Waals surface area (Å²) >= 11 is 0. The summed E-state index contributed by atoms with van der Waals surface area (Å²) in [6, 6.07) is 1.73. The minimum Gasteiger partial charge on any atom is -0.328 e. The zero-order valence-corrected chi connectivity index (χ0v) is 8.34. The fourth-order valence-electron chi connectivity index (χ4n) is 3.02. The van der Waals surface area contributed by atoms with E-state index in [-0.39, 0.29) is 0 Å². The molecule has 0 bridgehead atoms. The molecule has 1 radical (unpaired) electrons. The molecule has 2 rings (SSSR count). The third-order valence-corrected chi connectivity index (χ3v) is 3.79. The maximum absolute atomic E-state index is 6.08. The molecule has 13 heavy (non-hydrogen) atoms. The van der Waals surface area contributed by atoms with Crippen molar-refractivity contribution in [3.63, 3.8) is 0 Å². The van der Waals surface area contributed by atoms with E-state index in [1.807, 2.05) is 0 Å². The minimum absolute atomic E-state index is 0.458. The van der Waals surface area contributed by atoms with Crippen molar-refractivity contribution in [3.05, 3.63) is 6.04 Å². The maximum Gasteiger partial charge on any atom is 0.0370 e. The van der Waals surface area contributed by atoms with Crippen molar-refractivity contribution < 1.29 is 0 Å². The number of nitrogens with two attached hydrogens (primary N) is 2. The molecule has 2 aliphatic carbocycles. The Labute approximate surface area is 81.1 Å². The third kappa shape index (κ3) is 2.05. The largest absolute Gasteiger partial charge is 0.328 e. The van der Waals surface area contributed by atoms with Crippen LogP contribution < -0.4 is 11.5 Å². The van der Waals surface area contributed by atoms with Gasteiger partial charge in [0.1, 0.15) is 0 Å². The lowest BCUT2D eigenvalue weighted by molar-refractivity contribution is 0.275. The first-order valence-electron chi connectivity index (χ1n) is 5.64. The predicted molar refractivity (Wildman–Crippen MR) is 54.7 cm³/mol. The molecule has 0 spiro atoms. The maximum atomic E-state index is 6.08. The van der Waals surface area contributed by atoms with Crippen LogP contribution in [0.1, 0.15) is 44.9 Å². The van der Waals surface area contributed by atoms with Crippen LogP contribution in [0.2, 0.25) is 0 Å². The number of rotatable bonds is 1. The first-order chi connectivity index (χ1) is 6.27. The van der Waals surface area contributed by atoms with E-state index in [9.17, 15) is 0 Å². The minimum atomic E-state index is 0.458. The highest BCUT2D eigenvalue weighted by Crippen LogP contribution is 2.40. The van der Waals surface area contributed by atoms with Gasteiger partial charge in [-0.25, -0.2) is 0 Å². The molecule has 0 aromatic carbocycles. The molecular formula is C11H21N2. The van der Waals surface area contributed by atoms with Crippen LogP contribution in [0.5, 0.6) is 0 Å². The molecule has 3 atom stereocenters. The first kappa shape index (κ1) is 9.47. The van der Waals surface area contributed by atoms with Gasteiger partial charge in [0.05, 0.1) is 0 Å². The smallest absolute Gasteiger partial charge is 0.0370 e. The quantitative estimate of drug-likeness (QED) is 0.648. The molecule has 0 saturated heterocycles. The van der Waals surface area contributed by atoms with Gasteiger partial charge in [-0.3, -0.25) is 0 Å². The molecular weight excluding hydrogens is 160 g/mol. The lowest BCUT2D eigenvalue weighted by atomic mass is 9.76. The third-order valence-electron chi connectivity index (χ3n) is 3.79. The summed E-state index contributed by atoms with van der Waals surface area (Å²) in [7, 11) is 0. The second-order valence-corrected chi connectivity index (χ2v) is 4.76. The van der Waals surface area contributed by atoms with Crippen LogP contribution in [0, 0.1) is 17.9 Å². The van der Waals surface area contributed by atoms with Crippen LogP contribution in [0.4, 0.5) is 0 Å². The zero-order valence-electron chi connectivity index (χ0n) is 8.34. The van der Waals surface area contributed by atoms with Crippen LogP contribution >= 0.6 is 0 Å². The van der Waals surface area contributed by atoms with E-state index in [1.165, 1.54) is 44.6 Å². The van der Waals surface area contributed by atoms with Gasteiger partial charge >= 0.3 is 0 Å². The van der Waals surface area contributed by atoms with E-state index in [0.717, 1.165) is 12.3 Å². The van der Waals surface area contributed by atoms with Crippen molar-refractivity contribution in [1.82, 2.24) is 0 Å². The molecule has 75 valence electrons. The lowest BCUT2D eigenvalue weighted by Crippen LogP contribution is -2.30. The van der Waals surface area contributed by atoms with Gasteiger partial charge < -0.3 is 11.5 Å². The van der Waals surface area contributed by atoms with Gasteiger partial charge in [0.2, 0.25) is 0 Å². The average Bonchev–Trinajstić information content (AvgIpc) is 2.53. The first-order valence-corrected chi connectivity index (χ1v) is 5.64. The SMILES string of the molecule is N[C]1CCCCC1C1CCC(N)C1. The molecule has 0 heterocycles. The van der Waals surface area contributed by atoms with Gasteiger partial charge in [0, 0.05) is 12.1 Å². The normalized spacial score (nSPS) is 42.5. The van der Waals surface area contributed by atoms with E-state index in [2.05, 4.69) is 0 Å². The molecule has 2 heteroatoms. The summed E-state index contributed by atoms with van der Waals surface area (Å²) in [4.78, 5) is 0. The molecule has 0 aromatic heterocycles. The summed E-state index contributed by atoms with van der Waals surface area (Å²) in [5.41, 5.74) is 12.0. The fourth-order valence-corrected chi connectivity index (χ4v) is 3.02. The van der Waals surface area contributed by atoms with Crippen LogP contribution in [-0.4, -0.2) is 6.04 Å². The molecule has 2 aliphatic rings. The van der Waals surface area contributed by atoms with Crippen molar-refractivity contribution in [1.29, 1.82) is 0 Å². The second-order valence-electron chi connectivity index (χ2n) is 4.76. The van der Waals surface area contributed by atoms with Gasteiger partial charge in [-0.05, 0) is 43.9 Å². The van der Waals surface area contributed by atoms with E-state index in [1.54, 1.807) is 0 Å². The topological polar surface area (TPSA) is 52.0 Å².